The summed E-state index contributed by atoms with van der Waals surface area (Å²) < 4.78 is 35.7. The molecule has 2 fully saturated rings. The molecule has 0 amide bonds. The van der Waals surface area contributed by atoms with Crippen LogP contribution in [-0.4, -0.2) is 61.9 Å². The molecule has 3 aliphatic rings. The van der Waals surface area contributed by atoms with Gasteiger partial charge in [0.2, 0.25) is 0 Å². The second kappa shape index (κ2) is 11.6. The Balaban J connectivity index is 1.44. The smallest absolute Gasteiger partial charge is 0.321 e. The van der Waals surface area contributed by atoms with Crippen LogP contribution < -0.4 is 4.31 Å². The fourth-order valence-corrected chi connectivity index (χ4v) is 7.88. The van der Waals surface area contributed by atoms with Crippen LogP contribution in [0.2, 0.25) is 0 Å². The van der Waals surface area contributed by atoms with Crippen LogP contribution in [0.1, 0.15) is 77.7 Å². The fraction of sp³-hybridized carbons (Fsp3) is 0.741. The Morgan fingerprint density at radius 1 is 1.03 bits per heavy atom. The molecule has 1 saturated carbocycles. The Bertz CT molecular complexity index is 951. The van der Waals surface area contributed by atoms with E-state index in [1.165, 1.54) is 30.0 Å². The summed E-state index contributed by atoms with van der Waals surface area (Å²) in [6.07, 6.45) is 8.45. The molecule has 1 aromatic rings. The van der Waals surface area contributed by atoms with E-state index in [2.05, 4.69) is 18.7 Å². The topological polar surface area (TPSA) is 70.2 Å². The number of ether oxygens (including phenoxy) is 1. The van der Waals surface area contributed by atoms with E-state index in [0.29, 0.717) is 12.6 Å². The van der Waals surface area contributed by atoms with Gasteiger partial charge in [0.25, 0.3) is 0 Å². The van der Waals surface area contributed by atoms with Crippen LogP contribution in [-0.2, 0) is 26.3 Å². The van der Waals surface area contributed by atoms with Gasteiger partial charge < -0.3 is 9.64 Å². The number of hydrogen-bond donors (Lipinski definition) is 0. The molecule has 35 heavy (non-hydrogen) atoms. The molecule has 1 aliphatic carbocycles. The van der Waals surface area contributed by atoms with E-state index in [4.69, 9.17) is 4.74 Å². The van der Waals surface area contributed by atoms with Crippen LogP contribution in [0.5, 0.6) is 0 Å². The van der Waals surface area contributed by atoms with Crippen LogP contribution >= 0.6 is 0 Å². The number of carbonyl (C=O) groups is 1. The van der Waals surface area contributed by atoms with Crippen LogP contribution in [0.25, 0.3) is 0 Å². The van der Waals surface area contributed by atoms with Crippen molar-refractivity contribution in [2.24, 2.45) is 11.8 Å². The van der Waals surface area contributed by atoms with Crippen molar-refractivity contribution in [1.82, 2.24) is 9.21 Å². The summed E-state index contributed by atoms with van der Waals surface area (Å²) in [5.74, 6) is 1.13. The quantitative estimate of drug-likeness (QED) is 0.382. The number of unbranched alkanes of at least 4 members (excludes halogenated alkanes) is 1. The van der Waals surface area contributed by atoms with Crippen molar-refractivity contribution in [3.05, 3.63) is 29.8 Å². The molecule has 0 spiro atoms. The molecule has 7 nitrogen and oxygen atoms in total. The summed E-state index contributed by atoms with van der Waals surface area (Å²) in [6.45, 7) is 8.85. The molecule has 196 valence electrons. The van der Waals surface area contributed by atoms with Crippen molar-refractivity contribution < 1.29 is 17.9 Å². The Morgan fingerprint density at radius 2 is 1.71 bits per heavy atom. The van der Waals surface area contributed by atoms with Crippen LogP contribution in [0.3, 0.4) is 0 Å². The lowest BCUT2D eigenvalue weighted by molar-refractivity contribution is -0.144. The Morgan fingerprint density at radius 3 is 2.37 bits per heavy atom. The minimum atomic E-state index is -3.81. The van der Waals surface area contributed by atoms with Gasteiger partial charge in [0, 0.05) is 31.7 Å². The van der Waals surface area contributed by atoms with Gasteiger partial charge in [-0.1, -0.05) is 45.4 Å². The van der Waals surface area contributed by atoms with Crippen molar-refractivity contribution in [3.63, 3.8) is 0 Å². The average Bonchev–Trinajstić information content (AvgIpc) is 2.85. The van der Waals surface area contributed by atoms with E-state index in [1.807, 2.05) is 31.2 Å². The lowest BCUT2D eigenvalue weighted by Gasteiger charge is -2.46. The van der Waals surface area contributed by atoms with Crippen molar-refractivity contribution in [2.45, 2.75) is 90.8 Å². The maximum absolute atomic E-state index is 13.8. The number of carbonyl (C=O) groups excluding carboxylic acids is 1. The summed E-state index contributed by atoms with van der Waals surface area (Å²) in [4.78, 5) is 15.0. The number of benzene rings is 1. The molecule has 1 aromatic carbocycles. The van der Waals surface area contributed by atoms with Crippen LogP contribution in [0.4, 0.5) is 5.69 Å². The summed E-state index contributed by atoms with van der Waals surface area (Å²) in [5, 5.41) is 0. The Kier molecular flexibility index (Phi) is 8.76. The number of rotatable bonds is 8. The minimum absolute atomic E-state index is 0.0942. The first-order valence-corrected chi connectivity index (χ1v) is 15.0. The predicted molar refractivity (Wildman–Crippen MR) is 139 cm³/mol. The molecule has 0 N–H and O–H groups in total. The van der Waals surface area contributed by atoms with Gasteiger partial charge in [-0.3, -0.25) is 9.10 Å². The maximum atomic E-state index is 13.8. The monoisotopic (exact) mass is 505 g/mol. The summed E-state index contributed by atoms with van der Waals surface area (Å²) in [6, 6.07) is 8.24. The first-order valence-electron chi connectivity index (χ1n) is 13.6. The second-order valence-electron chi connectivity index (χ2n) is 10.9. The van der Waals surface area contributed by atoms with Gasteiger partial charge in [-0.15, -0.1) is 0 Å². The lowest BCUT2D eigenvalue weighted by Crippen LogP contribution is -2.56. The molecule has 1 saturated heterocycles. The molecule has 8 heteroatoms. The van der Waals surface area contributed by atoms with Crippen molar-refractivity contribution in [2.75, 3.05) is 30.5 Å². The highest BCUT2D eigenvalue weighted by Crippen LogP contribution is 2.38. The number of fused-ring (bicyclic) bond motifs is 1. The fourth-order valence-electron chi connectivity index (χ4n) is 6.04. The maximum Gasteiger partial charge on any atom is 0.321 e. The highest BCUT2D eigenvalue weighted by Gasteiger charge is 2.43. The van der Waals surface area contributed by atoms with E-state index in [9.17, 15) is 13.2 Å². The summed E-state index contributed by atoms with van der Waals surface area (Å²) >= 11 is 0. The zero-order valence-electron chi connectivity index (χ0n) is 21.7. The molecule has 0 atom stereocenters. The van der Waals surface area contributed by atoms with Gasteiger partial charge in [-0.2, -0.15) is 12.7 Å². The zero-order valence-corrected chi connectivity index (χ0v) is 22.5. The first-order chi connectivity index (χ1) is 16.8. The summed E-state index contributed by atoms with van der Waals surface area (Å²) in [7, 11) is -3.81. The standard InChI is InChI=1S/C27H43N3O4S/c1-4-5-18-34-27(31)20-29-19-23-8-6-7-9-26(23)30(35(29,32)33)25-14-16-28(17-15-25)24-12-10-22(11-13-24)21(2)3/h6-9,21-22,24-25H,4-5,10-20H2,1-3H3. The van der Waals surface area contributed by atoms with Crippen LogP contribution in [0.15, 0.2) is 24.3 Å². The number of para-hydroxylation sites is 1. The predicted octanol–water partition coefficient (Wildman–Crippen LogP) is 4.58. The number of anilines is 1. The number of nitrogens with zero attached hydrogens (tertiary/aromatic N) is 3. The minimum Gasteiger partial charge on any atom is -0.465 e. The Labute approximate surface area is 212 Å². The van der Waals surface area contributed by atoms with Crippen LogP contribution in [0, 0.1) is 11.8 Å². The molecule has 2 heterocycles. The highest BCUT2D eigenvalue weighted by atomic mass is 32.2. The van der Waals surface area contributed by atoms with Crippen molar-refractivity contribution in [3.8, 4) is 0 Å². The normalized spacial score (nSPS) is 26.0. The van der Waals surface area contributed by atoms with E-state index < -0.39 is 16.2 Å². The highest BCUT2D eigenvalue weighted by molar-refractivity contribution is 7.90. The SMILES string of the molecule is CCCCOC(=O)CN1Cc2ccccc2N(C2CCN(C3CCC(C(C)C)CC3)CC2)S1(=O)=O. The van der Waals surface area contributed by atoms with Gasteiger partial charge in [-0.05, 0) is 68.4 Å². The van der Waals surface area contributed by atoms with E-state index in [0.717, 1.165) is 61.9 Å². The molecule has 0 radical (unpaired) electrons. The summed E-state index contributed by atoms with van der Waals surface area (Å²) in [5.41, 5.74) is 1.71. The zero-order chi connectivity index (χ0) is 25.0. The number of hydrogen-bond acceptors (Lipinski definition) is 5. The molecule has 0 unspecified atom stereocenters. The first kappa shape index (κ1) is 26.4. The second-order valence-corrected chi connectivity index (χ2v) is 12.7. The molecular formula is C27H43N3O4S. The van der Waals surface area contributed by atoms with Gasteiger partial charge in [0.1, 0.15) is 6.54 Å². The molecule has 0 aromatic heterocycles. The number of esters is 1. The lowest BCUT2D eigenvalue weighted by atomic mass is 9.79. The third-order valence-corrected chi connectivity index (χ3v) is 10.2. The number of likely N-dealkylation sites (tertiary alicyclic amines) is 1. The van der Waals surface area contributed by atoms with Crippen molar-refractivity contribution >= 4 is 21.9 Å². The van der Waals surface area contributed by atoms with Gasteiger partial charge >= 0.3 is 16.2 Å². The molecule has 2 aliphatic heterocycles. The van der Waals surface area contributed by atoms with E-state index in [-0.39, 0.29) is 19.1 Å². The number of piperidine rings is 1. The Hall–Kier alpha value is -1.64. The van der Waals surface area contributed by atoms with Crippen molar-refractivity contribution in [1.29, 1.82) is 0 Å². The molecular weight excluding hydrogens is 462 g/mol. The largest absolute Gasteiger partial charge is 0.465 e. The molecule has 4 rings (SSSR count). The third-order valence-electron chi connectivity index (χ3n) is 8.25. The van der Waals surface area contributed by atoms with E-state index in [1.54, 1.807) is 4.31 Å². The molecule has 0 bridgehead atoms. The average molecular weight is 506 g/mol. The van der Waals surface area contributed by atoms with Gasteiger partial charge in [-0.25, -0.2) is 0 Å². The van der Waals surface area contributed by atoms with E-state index >= 15 is 0 Å². The third kappa shape index (κ3) is 6.03. The van der Waals surface area contributed by atoms with Gasteiger partial charge in [0.05, 0.1) is 12.3 Å². The van der Waals surface area contributed by atoms with Gasteiger partial charge in [0.15, 0.2) is 0 Å².